The summed E-state index contributed by atoms with van der Waals surface area (Å²) in [7, 11) is 3.12. The Balaban J connectivity index is 2.34. The summed E-state index contributed by atoms with van der Waals surface area (Å²) in [6.07, 6.45) is 4.24. The van der Waals surface area contributed by atoms with Crippen molar-refractivity contribution in [1.82, 2.24) is 0 Å². The van der Waals surface area contributed by atoms with Crippen molar-refractivity contribution in [2.45, 2.75) is 57.2 Å². The zero-order valence-electron chi connectivity index (χ0n) is 11.4. The third kappa shape index (κ3) is 4.28. The molecule has 1 fully saturated rings. The van der Waals surface area contributed by atoms with Crippen LogP contribution >= 0.6 is 0 Å². The third-order valence-corrected chi connectivity index (χ3v) is 3.62. The highest BCUT2D eigenvalue weighted by molar-refractivity contribution is 5.70. The summed E-state index contributed by atoms with van der Waals surface area (Å²) in [6, 6.07) is 0. The molecule has 0 aromatic rings. The van der Waals surface area contributed by atoms with Crippen LogP contribution in [0, 0.1) is 0 Å². The van der Waals surface area contributed by atoms with Gasteiger partial charge in [-0.3, -0.25) is 4.79 Å². The van der Waals surface area contributed by atoms with E-state index in [0.717, 1.165) is 25.7 Å². The largest absolute Gasteiger partial charge is 0.469 e. The summed E-state index contributed by atoms with van der Waals surface area (Å²) in [6.45, 7) is 4.69. The maximum absolute atomic E-state index is 11.3. The Hall–Kier alpha value is -0.610. The second-order valence-corrected chi connectivity index (χ2v) is 5.35. The Bertz CT molecular complexity index is 256. The molecule has 0 unspecified atom stereocenters. The fraction of sp³-hybridized carbons (Fsp3) is 0.923. The predicted molar refractivity (Wildman–Crippen MR) is 64.9 cm³/mol. The summed E-state index contributed by atoms with van der Waals surface area (Å²) in [5.41, 5.74) is -0.437. The van der Waals surface area contributed by atoms with Crippen LogP contribution < -0.4 is 0 Å². The molecule has 1 saturated carbocycles. The number of carbonyl (C=O) groups is 1. The van der Waals surface area contributed by atoms with Crippen molar-refractivity contribution in [3.8, 4) is 0 Å². The summed E-state index contributed by atoms with van der Waals surface area (Å²) in [5, 5.41) is 0. The van der Waals surface area contributed by atoms with E-state index in [0.29, 0.717) is 13.0 Å². The first kappa shape index (κ1) is 14.5. The van der Waals surface area contributed by atoms with Crippen molar-refractivity contribution < 1.29 is 19.0 Å². The maximum atomic E-state index is 11.3. The molecule has 0 aromatic heterocycles. The molecule has 17 heavy (non-hydrogen) atoms. The van der Waals surface area contributed by atoms with Crippen LogP contribution in [0.15, 0.2) is 0 Å². The van der Waals surface area contributed by atoms with Gasteiger partial charge in [0.15, 0.2) is 0 Å². The summed E-state index contributed by atoms with van der Waals surface area (Å²) < 4.78 is 15.9. The minimum atomic E-state index is -0.267. The van der Waals surface area contributed by atoms with E-state index in [1.807, 2.05) is 13.8 Å². The standard InChI is InChI=1S/C13H24O4/c1-12(2,16-4)8-9-17-13(6-5-7-13)10-11(14)15-3/h5-10H2,1-4H3. The molecule has 0 saturated heterocycles. The van der Waals surface area contributed by atoms with E-state index in [9.17, 15) is 4.79 Å². The lowest BCUT2D eigenvalue weighted by molar-refractivity contribution is -0.159. The van der Waals surface area contributed by atoms with Crippen LogP contribution in [0.2, 0.25) is 0 Å². The molecular weight excluding hydrogens is 220 g/mol. The Morgan fingerprint density at radius 3 is 2.35 bits per heavy atom. The average Bonchev–Trinajstić information content (AvgIpc) is 2.25. The minimum absolute atomic E-state index is 0.170. The number of ether oxygens (including phenoxy) is 3. The number of hydrogen-bond donors (Lipinski definition) is 0. The Labute approximate surface area is 104 Å². The van der Waals surface area contributed by atoms with Crippen LogP contribution in [-0.4, -0.2) is 38.0 Å². The van der Waals surface area contributed by atoms with Crippen LogP contribution in [0.4, 0.5) is 0 Å². The molecule has 0 heterocycles. The van der Waals surface area contributed by atoms with E-state index in [4.69, 9.17) is 14.2 Å². The minimum Gasteiger partial charge on any atom is -0.469 e. The Morgan fingerprint density at radius 1 is 1.29 bits per heavy atom. The first-order chi connectivity index (χ1) is 7.93. The number of esters is 1. The van der Waals surface area contributed by atoms with E-state index in [-0.39, 0.29) is 17.2 Å². The van der Waals surface area contributed by atoms with Gasteiger partial charge in [0, 0.05) is 7.11 Å². The smallest absolute Gasteiger partial charge is 0.308 e. The highest BCUT2D eigenvalue weighted by atomic mass is 16.5. The van der Waals surface area contributed by atoms with Crippen LogP contribution in [0.1, 0.15) is 46.0 Å². The lowest BCUT2D eigenvalue weighted by atomic mass is 9.77. The van der Waals surface area contributed by atoms with Crippen molar-refractivity contribution in [2.75, 3.05) is 20.8 Å². The number of methoxy groups -OCH3 is 2. The Kier molecular flexibility index (Phi) is 4.95. The summed E-state index contributed by atoms with van der Waals surface area (Å²) in [5.74, 6) is -0.185. The van der Waals surface area contributed by atoms with Gasteiger partial charge in [0.25, 0.3) is 0 Å². The topological polar surface area (TPSA) is 44.8 Å². The zero-order chi connectivity index (χ0) is 12.9. The monoisotopic (exact) mass is 244 g/mol. The van der Waals surface area contributed by atoms with Crippen molar-refractivity contribution in [2.24, 2.45) is 0 Å². The highest BCUT2D eigenvalue weighted by Crippen LogP contribution is 2.39. The molecule has 1 aliphatic rings. The second-order valence-electron chi connectivity index (χ2n) is 5.35. The van der Waals surface area contributed by atoms with Crippen molar-refractivity contribution in [1.29, 1.82) is 0 Å². The number of hydrogen-bond acceptors (Lipinski definition) is 4. The maximum Gasteiger partial charge on any atom is 0.308 e. The first-order valence-electron chi connectivity index (χ1n) is 6.19. The van der Waals surface area contributed by atoms with Gasteiger partial charge in [-0.15, -0.1) is 0 Å². The molecule has 4 heteroatoms. The zero-order valence-corrected chi connectivity index (χ0v) is 11.4. The summed E-state index contributed by atoms with van der Waals surface area (Å²) >= 11 is 0. The molecule has 100 valence electrons. The van der Waals surface area contributed by atoms with Gasteiger partial charge >= 0.3 is 5.97 Å². The third-order valence-electron chi connectivity index (χ3n) is 3.62. The molecular formula is C13H24O4. The number of rotatable bonds is 7. The van der Waals surface area contributed by atoms with Crippen LogP contribution in [-0.2, 0) is 19.0 Å². The second kappa shape index (κ2) is 5.83. The molecule has 0 aromatic carbocycles. The van der Waals surface area contributed by atoms with E-state index in [2.05, 4.69) is 0 Å². The lowest BCUT2D eigenvalue weighted by Gasteiger charge is -2.41. The van der Waals surface area contributed by atoms with Gasteiger partial charge in [-0.25, -0.2) is 0 Å². The average molecular weight is 244 g/mol. The fourth-order valence-electron chi connectivity index (χ4n) is 1.89. The molecule has 1 rings (SSSR count). The molecule has 0 radical (unpaired) electrons. The Morgan fingerprint density at radius 2 is 1.94 bits per heavy atom. The van der Waals surface area contributed by atoms with Gasteiger partial charge in [0.05, 0.1) is 31.3 Å². The summed E-state index contributed by atoms with van der Waals surface area (Å²) in [4.78, 5) is 11.3. The van der Waals surface area contributed by atoms with E-state index < -0.39 is 0 Å². The molecule has 0 spiro atoms. The molecule has 0 bridgehead atoms. The van der Waals surface area contributed by atoms with Gasteiger partial charge in [-0.2, -0.15) is 0 Å². The highest BCUT2D eigenvalue weighted by Gasteiger charge is 2.40. The predicted octanol–water partition coefficient (Wildman–Crippen LogP) is 2.30. The normalized spacial score (nSPS) is 18.6. The quantitative estimate of drug-likeness (QED) is 0.645. The molecule has 0 atom stereocenters. The van der Waals surface area contributed by atoms with Gasteiger partial charge in [-0.05, 0) is 39.5 Å². The lowest BCUT2D eigenvalue weighted by Crippen LogP contribution is -2.43. The van der Waals surface area contributed by atoms with Crippen molar-refractivity contribution >= 4 is 5.97 Å². The van der Waals surface area contributed by atoms with Crippen LogP contribution in [0.5, 0.6) is 0 Å². The van der Waals surface area contributed by atoms with E-state index in [1.54, 1.807) is 7.11 Å². The number of carbonyl (C=O) groups excluding carboxylic acids is 1. The fourth-order valence-corrected chi connectivity index (χ4v) is 1.89. The van der Waals surface area contributed by atoms with Gasteiger partial charge in [0.2, 0.25) is 0 Å². The van der Waals surface area contributed by atoms with Gasteiger partial charge < -0.3 is 14.2 Å². The van der Waals surface area contributed by atoms with Gasteiger partial charge in [-0.1, -0.05) is 0 Å². The van der Waals surface area contributed by atoms with Gasteiger partial charge in [0.1, 0.15) is 0 Å². The molecule has 4 nitrogen and oxygen atoms in total. The van der Waals surface area contributed by atoms with E-state index in [1.165, 1.54) is 7.11 Å². The SMILES string of the molecule is COC(=O)CC1(OCCC(C)(C)OC)CCC1. The molecule has 0 amide bonds. The molecule has 0 aliphatic heterocycles. The molecule has 1 aliphatic carbocycles. The first-order valence-corrected chi connectivity index (χ1v) is 6.19. The van der Waals surface area contributed by atoms with E-state index >= 15 is 0 Å². The van der Waals surface area contributed by atoms with Crippen LogP contribution in [0.3, 0.4) is 0 Å². The van der Waals surface area contributed by atoms with Crippen molar-refractivity contribution in [3.05, 3.63) is 0 Å². The van der Waals surface area contributed by atoms with Crippen LogP contribution in [0.25, 0.3) is 0 Å². The molecule has 0 N–H and O–H groups in total. The van der Waals surface area contributed by atoms with Crippen molar-refractivity contribution in [3.63, 3.8) is 0 Å².